The Kier molecular flexibility index (Phi) is 4.76. The molecule has 0 fully saturated rings. The van der Waals surface area contributed by atoms with Crippen LogP contribution in [0.4, 0.5) is 28.4 Å². The van der Waals surface area contributed by atoms with Gasteiger partial charge < -0.3 is 14.5 Å². The summed E-state index contributed by atoms with van der Waals surface area (Å²) in [5.74, 6) is 0.672. The Morgan fingerprint density at radius 1 is 0.625 bits per heavy atom. The lowest BCUT2D eigenvalue weighted by molar-refractivity contribution is -0.626. The molecule has 0 aromatic heterocycles. The van der Waals surface area contributed by atoms with Crippen LogP contribution in [-0.4, -0.2) is 21.7 Å². The van der Waals surface area contributed by atoms with Crippen molar-refractivity contribution in [3.8, 4) is 11.9 Å². The summed E-state index contributed by atoms with van der Waals surface area (Å²) < 4.78 is 8.69. The Morgan fingerprint density at radius 3 is 1.85 bits per heavy atom. The van der Waals surface area contributed by atoms with Crippen LogP contribution in [-0.2, 0) is 5.66 Å². The van der Waals surface area contributed by atoms with Crippen molar-refractivity contribution in [3.63, 3.8) is 0 Å². The molecule has 6 nitrogen and oxygen atoms in total. The third kappa shape index (κ3) is 2.83. The van der Waals surface area contributed by atoms with Crippen molar-refractivity contribution in [1.29, 1.82) is 5.26 Å². The molecule has 3 heterocycles. The van der Waals surface area contributed by atoms with E-state index in [0.717, 1.165) is 34.0 Å². The van der Waals surface area contributed by atoms with E-state index in [2.05, 4.69) is 105 Å². The highest BCUT2D eigenvalue weighted by atomic mass is 16.5. The molecule has 2 unspecified atom stereocenters. The highest BCUT2D eigenvalue weighted by molar-refractivity contribution is 5.94. The normalized spacial score (nSPS) is 20.1. The minimum atomic E-state index is -0.911. The number of benzene rings is 5. The van der Waals surface area contributed by atoms with Gasteiger partial charge in [0.05, 0.1) is 22.6 Å². The second-order valence-electron chi connectivity index (χ2n) is 9.99. The minimum Gasteiger partial charge on any atom is -0.391 e. The zero-order chi connectivity index (χ0) is 26.7. The first-order valence-electron chi connectivity index (χ1n) is 13.3. The zero-order valence-corrected chi connectivity index (χ0v) is 21.5. The van der Waals surface area contributed by atoms with Crippen LogP contribution in [0.2, 0.25) is 0 Å². The summed E-state index contributed by atoms with van der Waals surface area (Å²) in [6, 6.07) is 47.6. The van der Waals surface area contributed by atoms with Crippen molar-refractivity contribution in [1.82, 2.24) is 4.90 Å². The lowest BCUT2D eigenvalue weighted by atomic mass is 9.91. The standard InChI is InChI=1S/C34H24N5O/c35-24-36-33(40-27-18-8-3-9-19-27)39(26-16-6-2-7-17-26)34(36)28-20-10-11-21-29(28)38-31-23-13-12-22-30(31)37(32(34)38)25-14-4-1-5-15-25/h1-23,32H/q+1. The summed E-state index contributed by atoms with van der Waals surface area (Å²) in [4.78, 5) is 6.48. The van der Waals surface area contributed by atoms with Crippen LogP contribution in [0, 0.1) is 11.5 Å². The van der Waals surface area contributed by atoms with Gasteiger partial charge in [-0.15, -0.1) is 9.84 Å². The largest absolute Gasteiger partial charge is 0.481 e. The van der Waals surface area contributed by atoms with Gasteiger partial charge >= 0.3 is 11.7 Å². The SMILES string of the molecule is N#CN1C(Oc2ccccc2)=[N+](c2ccccc2)C12c1ccccc1N1c3ccccc3N(c3ccccc3)C12. The molecule has 3 aliphatic heterocycles. The topological polar surface area (TPSA) is 45.8 Å². The minimum absolute atomic E-state index is 0.298. The fraction of sp³-hybridized carbons (Fsp3) is 0.0588. The van der Waals surface area contributed by atoms with E-state index in [1.165, 1.54) is 0 Å². The molecule has 0 saturated carbocycles. The molecule has 0 N–H and O–H groups in total. The number of ether oxygens (including phenoxy) is 1. The van der Waals surface area contributed by atoms with Gasteiger partial charge in [-0.25, -0.2) is 0 Å². The average molecular weight is 519 g/mol. The first kappa shape index (κ1) is 22.4. The van der Waals surface area contributed by atoms with Gasteiger partial charge in [-0.2, -0.15) is 0 Å². The fourth-order valence-electron chi connectivity index (χ4n) is 6.48. The van der Waals surface area contributed by atoms with Gasteiger partial charge in [-0.1, -0.05) is 83.8 Å². The average Bonchev–Trinajstić information content (AvgIpc) is 3.51. The first-order chi connectivity index (χ1) is 19.8. The molecule has 0 saturated heterocycles. The predicted molar refractivity (Wildman–Crippen MR) is 155 cm³/mol. The Morgan fingerprint density at radius 2 is 1.18 bits per heavy atom. The van der Waals surface area contributed by atoms with Crippen LogP contribution in [0.15, 0.2) is 140 Å². The lowest BCUT2D eigenvalue weighted by Crippen LogP contribution is -2.74. The van der Waals surface area contributed by atoms with E-state index in [4.69, 9.17) is 4.74 Å². The highest BCUT2D eigenvalue weighted by Crippen LogP contribution is 2.63. The van der Waals surface area contributed by atoms with Gasteiger partial charge in [0.1, 0.15) is 11.4 Å². The van der Waals surface area contributed by atoms with E-state index in [1.54, 1.807) is 4.90 Å². The quantitative estimate of drug-likeness (QED) is 0.189. The fourth-order valence-corrected chi connectivity index (χ4v) is 6.48. The first-order valence-corrected chi connectivity index (χ1v) is 13.3. The van der Waals surface area contributed by atoms with Crippen LogP contribution in [0.25, 0.3) is 0 Å². The molecule has 6 heteroatoms. The maximum absolute atomic E-state index is 10.9. The van der Waals surface area contributed by atoms with E-state index in [9.17, 15) is 5.26 Å². The highest BCUT2D eigenvalue weighted by Gasteiger charge is 2.78. The monoisotopic (exact) mass is 518 g/mol. The van der Waals surface area contributed by atoms with E-state index in [-0.39, 0.29) is 6.17 Å². The summed E-state index contributed by atoms with van der Waals surface area (Å²) in [6.07, 6.45) is 2.23. The molecule has 3 aliphatic rings. The molecule has 2 atom stereocenters. The summed E-state index contributed by atoms with van der Waals surface area (Å²) in [5, 5.41) is 10.9. The van der Waals surface area contributed by atoms with Gasteiger partial charge in [0.2, 0.25) is 6.17 Å². The molecule has 8 rings (SSSR count). The summed E-state index contributed by atoms with van der Waals surface area (Å²) in [6.45, 7) is 0. The second kappa shape index (κ2) is 8.48. The van der Waals surface area contributed by atoms with Gasteiger partial charge in [-0.05, 0) is 60.7 Å². The van der Waals surface area contributed by atoms with Crippen molar-refractivity contribution >= 4 is 34.5 Å². The summed E-state index contributed by atoms with van der Waals surface area (Å²) >= 11 is 0. The number of nitriles is 1. The lowest BCUT2D eigenvalue weighted by Gasteiger charge is -2.45. The van der Waals surface area contributed by atoms with Crippen LogP contribution < -0.4 is 14.5 Å². The molecule has 190 valence electrons. The number of anilines is 4. The maximum Gasteiger partial charge on any atom is 0.481 e. The molecule has 40 heavy (non-hydrogen) atoms. The van der Waals surface area contributed by atoms with Crippen LogP contribution in [0.1, 0.15) is 5.56 Å². The molecule has 5 aromatic rings. The number of rotatable bonds is 3. The smallest absolute Gasteiger partial charge is 0.391 e. The zero-order valence-electron chi connectivity index (χ0n) is 21.5. The van der Waals surface area contributed by atoms with Crippen LogP contribution in [0.3, 0.4) is 0 Å². The maximum atomic E-state index is 10.9. The third-order valence-electron chi connectivity index (χ3n) is 7.98. The van der Waals surface area contributed by atoms with Crippen molar-refractivity contribution in [2.45, 2.75) is 11.8 Å². The molecular formula is C34H24N5O+. The number of hydrogen-bond acceptors (Lipinski definition) is 5. The molecule has 0 amide bonds. The van der Waals surface area contributed by atoms with Crippen molar-refractivity contribution in [2.75, 3.05) is 9.80 Å². The van der Waals surface area contributed by atoms with Crippen LogP contribution in [0.5, 0.6) is 5.75 Å². The summed E-state index contributed by atoms with van der Waals surface area (Å²) in [5.41, 5.74) is 5.39. The van der Waals surface area contributed by atoms with E-state index < -0.39 is 5.66 Å². The number of fused-ring (bicyclic) bond motifs is 7. The molecule has 5 aromatic carbocycles. The van der Waals surface area contributed by atoms with Gasteiger partial charge in [-0.3, -0.25) is 0 Å². The Hall–Kier alpha value is -5.54. The molecular weight excluding hydrogens is 494 g/mol. The number of hydrogen-bond donors (Lipinski definition) is 0. The Bertz CT molecular complexity index is 1800. The van der Waals surface area contributed by atoms with Crippen LogP contribution >= 0.6 is 0 Å². The molecule has 0 aliphatic carbocycles. The summed E-state index contributed by atoms with van der Waals surface area (Å²) in [7, 11) is 0. The van der Waals surface area contributed by atoms with E-state index >= 15 is 0 Å². The molecule has 0 radical (unpaired) electrons. The Labute approximate surface area is 232 Å². The number of amidine groups is 1. The van der Waals surface area contributed by atoms with Crippen molar-refractivity contribution in [2.24, 2.45) is 0 Å². The number of para-hydroxylation sites is 6. The Balaban J connectivity index is 1.45. The second-order valence-corrected chi connectivity index (χ2v) is 9.99. The molecule has 0 bridgehead atoms. The van der Waals surface area contributed by atoms with Crippen molar-refractivity contribution < 1.29 is 9.31 Å². The van der Waals surface area contributed by atoms with Gasteiger partial charge in [0.15, 0.2) is 0 Å². The van der Waals surface area contributed by atoms with Gasteiger partial charge in [0, 0.05) is 5.69 Å². The molecule has 1 spiro atoms. The predicted octanol–water partition coefficient (Wildman–Crippen LogP) is 7.04. The van der Waals surface area contributed by atoms with Gasteiger partial charge in [0.25, 0.3) is 6.19 Å². The van der Waals surface area contributed by atoms with E-state index in [1.807, 2.05) is 54.6 Å². The van der Waals surface area contributed by atoms with Crippen molar-refractivity contribution in [3.05, 3.63) is 145 Å². The third-order valence-corrected chi connectivity index (χ3v) is 7.98. The number of nitrogens with zero attached hydrogens (tertiary/aromatic N) is 5. The van der Waals surface area contributed by atoms with E-state index in [0.29, 0.717) is 11.8 Å².